The minimum Gasteiger partial charge on any atom is -0.508 e. The molecule has 0 saturated carbocycles. The lowest BCUT2D eigenvalue weighted by atomic mass is 9.86. The lowest BCUT2D eigenvalue weighted by Gasteiger charge is -2.19. The van der Waals surface area contributed by atoms with Gasteiger partial charge in [0.25, 0.3) is 0 Å². The SMILES string of the molecule is Oc1cc(F)ccc1C(Cc1ccccn1)c1ccccc1. The first-order chi connectivity index (χ1) is 10.7. The topological polar surface area (TPSA) is 33.1 Å². The molecule has 1 aromatic heterocycles. The van der Waals surface area contributed by atoms with Gasteiger partial charge in [0.15, 0.2) is 0 Å². The predicted octanol–water partition coefficient (Wildman–Crippen LogP) is 4.30. The Morgan fingerprint density at radius 1 is 0.955 bits per heavy atom. The Labute approximate surface area is 128 Å². The van der Waals surface area contributed by atoms with Crippen LogP contribution in [0, 0.1) is 5.82 Å². The Hall–Kier alpha value is -2.68. The van der Waals surface area contributed by atoms with Crippen LogP contribution in [0.1, 0.15) is 22.7 Å². The quantitative estimate of drug-likeness (QED) is 0.778. The second-order valence-corrected chi connectivity index (χ2v) is 5.19. The van der Waals surface area contributed by atoms with E-state index in [4.69, 9.17) is 0 Å². The number of phenolic OH excluding ortho intramolecular Hbond substituents is 1. The van der Waals surface area contributed by atoms with Gasteiger partial charge >= 0.3 is 0 Å². The van der Waals surface area contributed by atoms with Crippen LogP contribution in [0.2, 0.25) is 0 Å². The van der Waals surface area contributed by atoms with Crippen LogP contribution in [-0.2, 0) is 6.42 Å². The van der Waals surface area contributed by atoms with Crippen molar-refractivity contribution in [3.63, 3.8) is 0 Å². The molecule has 0 saturated heterocycles. The first-order valence-electron chi connectivity index (χ1n) is 7.17. The smallest absolute Gasteiger partial charge is 0.126 e. The van der Waals surface area contributed by atoms with E-state index in [0.717, 1.165) is 17.3 Å². The fourth-order valence-corrected chi connectivity index (χ4v) is 2.63. The van der Waals surface area contributed by atoms with Gasteiger partial charge in [-0.2, -0.15) is 0 Å². The van der Waals surface area contributed by atoms with E-state index >= 15 is 0 Å². The normalized spacial score (nSPS) is 12.0. The average Bonchev–Trinajstić information content (AvgIpc) is 2.55. The number of phenols is 1. The van der Waals surface area contributed by atoms with Gasteiger partial charge < -0.3 is 5.11 Å². The molecule has 110 valence electrons. The summed E-state index contributed by atoms with van der Waals surface area (Å²) in [5, 5.41) is 10.1. The van der Waals surface area contributed by atoms with E-state index in [9.17, 15) is 9.50 Å². The van der Waals surface area contributed by atoms with Crippen molar-refractivity contribution in [3.05, 3.63) is 95.6 Å². The standard InChI is InChI=1S/C19H16FNO/c20-15-9-10-17(19(22)12-15)18(14-6-2-1-3-7-14)13-16-8-4-5-11-21-16/h1-12,18,22H,13H2. The Bertz CT molecular complexity index is 744. The predicted molar refractivity (Wildman–Crippen MR) is 84.3 cm³/mol. The van der Waals surface area contributed by atoms with Crippen LogP contribution < -0.4 is 0 Å². The summed E-state index contributed by atoms with van der Waals surface area (Å²) in [4.78, 5) is 4.36. The number of nitrogens with zero attached hydrogens (tertiary/aromatic N) is 1. The Balaban J connectivity index is 2.03. The zero-order valence-corrected chi connectivity index (χ0v) is 12.0. The summed E-state index contributed by atoms with van der Waals surface area (Å²) in [6, 6.07) is 19.8. The van der Waals surface area contributed by atoms with Crippen LogP contribution in [0.4, 0.5) is 4.39 Å². The zero-order chi connectivity index (χ0) is 15.4. The molecule has 3 rings (SSSR count). The Morgan fingerprint density at radius 2 is 1.73 bits per heavy atom. The van der Waals surface area contributed by atoms with Crippen LogP contribution in [-0.4, -0.2) is 10.1 Å². The summed E-state index contributed by atoms with van der Waals surface area (Å²) in [6.07, 6.45) is 2.39. The van der Waals surface area contributed by atoms with Crippen molar-refractivity contribution in [1.82, 2.24) is 4.98 Å². The molecule has 0 fully saturated rings. The molecule has 0 radical (unpaired) electrons. The number of rotatable bonds is 4. The van der Waals surface area contributed by atoms with E-state index in [1.165, 1.54) is 6.07 Å². The molecule has 0 aliphatic heterocycles. The number of pyridine rings is 1. The fourth-order valence-electron chi connectivity index (χ4n) is 2.63. The van der Waals surface area contributed by atoms with Crippen molar-refractivity contribution in [3.8, 4) is 5.75 Å². The van der Waals surface area contributed by atoms with Gasteiger partial charge in [0.05, 0.1) is 0 Å². The molecule has 22 heavy (non-hydrogen) atoms. The molecule has 0 spiro atoms. The highest BCUT2D eigenvalue weighted by Crippen LogP contribution is 2.34. The monoisotopic (exact) mass is 293 g/mol. The third-order valence-corrected chi connectivity index (χ3v) is 3.71. The third kappa shape index (κ3) is 3.14. The van der Waals surface area contributed by atoms with E-state index in [-0.39, 0.29) is 11.7 Å². The van der Waals surface area contributed by atoms with Crippen LogP contribution in [0.15, 0.2) is 72.9 Å². The van der Waals surface area contributed by atoms with E-state index in [2.05, 4.69) is 4.98 Å². The molecule has 0 aliphatic rings. The van der Waals surface area contributed by atoms with Gasteiger partial charge in [-0.3, -0.25) is 4.98 Å². The fraction of sp³-hybridized carbons (Fsp3) is 0.105. The first-order valence-corrected chi connectivity index (χ1v) is 7.17. The molecule has 1 heterocycles. The van der Waals surface area contributed by atoms with Gasteiger partial charge in [-0.1, -0.05) is 42.5 Å². The van der Waals surface area contributed by atoms with Crippen molar-refractivity contribution in [1.29, 1.82) is 0 Å². The maximum Gasteiger partial charge on any atom is 0.126 e. The number of hydrogen-bond acceptors (Lipinski definition) is 2. The summed E-state index contributed by atoms with van der Waals surface area (Å²) >= 11 is 0. The molecule has 0 aliphatic carbocycles. The van der Waals surface area contributed by atoms with E-state index < -0.39 is 5.82 Å². The second kappa shape index (κ2) is 6.39. The highest BCUT2D eigenvalue weighted by Gasteiger charge is 2.19. The summed E-state index contributed by atoms with van der Waals surface area (Å²) in [7, 11) is 0. The van der Waals surface area contributed by atoms with E-state index in [1.54, 1.807) is 12.3 Å². The Morgan fingerprint density at radius 3 is 2.41 bits per heavy atom. The maximum atomic E-state index is 13.3. The second-order valence-electron chi connectivity index (χ2n) is 5.19. The molecular weight excluding hydrogens is 277 g/mol. The molecule has 2 aromatic carbocycles. The van der Waals surface area contributed by atoms with Gasteiger partial charge in [0, 0.05) is 35.9 Å². The zero-order valence-electron chi connectivity index (χ0n) is 12.0. The summed E-state index contributed by atoms with van der Waals surface area (Å²) < 4.78 is 13.3. The number of aromatic nitrogens is 1. The van der Waals surface area contributed by atoms with Gasteiger partial charge in [-0.15, -0.1) is 0 Å². The van der Waals surface area contributed by atoms with Crippen molar-refractivity contribution in [2.24, 2.45) is 0 Å². The van der Waals surface area contributed by atoms with Crippen molar-refractivity contribution in [2.45, 2.75) is 12.3 Å². The molecule has 3 aromatic rings. The molecule has 1 unspecified atom stereocenters. The van der Waals surface area contributed by atoms with Crippen molar-refractivity contribution < 1.29 is 9.50 Å². The maximum absolute atomic E-state index is 13.3. The third-order valence-electron chi connectivity index (χ3n) is 3.71. The first kappa shape index (κ1) is 14.3. The van der Waals surface area contributed by atoms with Crippen LogP contribution in [0.3, 0.4) is 0 Å². The van der Waals surface area contributed by atoms with Crippen LogP contribution in [0.25, 0.3) is 0 Å². The summed E-state index contributed by atoms with van der Waals surface area (Å²) in [6.45, 7) is 0. The van der Waals surface area contributed by atoms with Gasteiger partial charge in [0.2, 0.25) is 0 Å². The number of hydrogen-bond donors (Lipinski definition) is 1. The van der Waals surface area contributed by atoms with Crippen molar-refractivity contribution in [2.75, 3.05) is 0 Å². The summed E-state index contributed by atoms with van der Waals surface area (Å²) in [5.74, 6) is -0.535. The van der Waals surface area contributed by atoms with Crippen LogP contribution >= 0.6 is 0 Å². The molecule has 1 atom stereocenters. The van der Waals surface area contributed by atoms with Crippen molar-refractivity contribution >= 4 is 0 Å². The lowest BCUT2D eigenvalue weighted by Crippen LogP contribution is -2.06. The molecule has 3 heteroatoms. The highest BCUT2D eigenvalue weighted by atomic mass is 19.1. The summed E-state index contributed by atoms with van der Waals surface area (Å²) in [5.41, 5.74) is 2.70. The Kier molecular flexibility index (Phi) is 4.15. The van der Waals surface area contributed by atoms with E-state index in [0.29, 0.717) is 12.0 Å². The minimum absolute atomic E-state index is 0.0233. The van der Waals surface area contributed by atoms with E-state index in [1.807, 2.05) is 48.5 Å². The van der Waals surface area contributed by atoms with Gasteiger partial charge in [0.1, 0.15) is 11.6 Å². The highest BCUT2D eigenvalue weighted by molar-refractivity contribution is 5.42. The average molecular weight is 293 g/mol. The van der Waals surface area contributed by atoms with Crippen LogP contribution in [0.5, 0.6) is 5.75 Å². The number of benzene rings is 2. The number of aromatic hydroxyl groups is 1. The van der Waals surface area contributed by atoms with Gasteiger partial charge in [-0.05, 0) is 23.8 Å². The molecule has 0 bridgehead atoms. The minimum atomic E-state index is -0.439. The molecule has 0 amide bonds. The van der Waals surface area contributed by atoms with Gasteiger partial charge in [-0.25, -0.2) is 4.39 Å². The number of halogens is 1. The molecule has 2 nitrogen and oxygen atoms in total. The molecular formula is C19H16FNO. The largest absolute Gasteiger partial charge is 0.508 e. The molecule has 1 N–H and O–H groups in total. The lowest BCUT2D eigenvalue weighted by molar-refractivity contribution is 0.458.